The van der Waals surface area contributed by atoms with Crippen LogP contribution in [0.3, 0.4) is 0 Å². The lowest BCUT2D eigenvalue weighted by atomic mass is 9.87. The maximum Gasteiger partial charge on any atom is 0.573 e. The fourth-order valence-electron chi connectivity index (χ4n) is 4.46. The number of alkyl halides is 3. The Labute approximate surface area is 212 Å². The highest BCUT2D eigenvalue weighted by Gasteiger charge is 2.36. The molecule has 196 valence electrons. The van der Waals surface area contributed by atoms with E-state index in [2.05, 4.69) is 10.1 Å². The van der Waals surface area contributed by atoms with Crippen molar-refractivity contribution in [1.82, 2.24) is 10.2 Å². The van der Waals surface area contributed by atoms with Crippen molar-refractivity contribution < 1.29 is 36.9 Å². The van der Waals surface area contributed by atoms with Gasteiger partial charge in [0.05, 0.1) is 27.4 Å². The number of hydrogen-bond donors (Lipinski definition) is 1. The van der Waals surface area contributed by atoms with Crippen molar-refractivity contribution in [3.63, 3.8) is 0 Å². The Balaban J connectivity index is 1.70. The minimum absolute atomic E-state index is 0.260. The van der Waals surface area contributed by atoms with Gasteiger partial charge in [0.15, 0.2) is 0 Å². The highest BCUT2D eigenvalue weighted by Crippen LogP contribution is 2.43. The van der Waals surface area contributed by atoms with E-state index in [4.69, 9.17) is 14.2 Å². The number of ether oxygens (including phenoxy) is 4. The van der Waals surface area contributed by atoms with Gasteiger partial charge in [0.25, 0.3) is 0 Å². The average Bonchev–Trinajstić information content (AvgIpc) is 2.89. The van der Waals surface area contributed by atoms with Crippen LogP contribution < -0.4 is 24.3 Å². The van der Waals surface area contributed by atoms with Crippen LogP contribution in [0.4, 0.5) is 18.0 Å². The van der Waals surface area contributed by atoms with Crippen molar-refractivity contribution in [1.29, 1.82) is 0 Å². The van der Waals surface area contributed by atoms with Crippen molar-refractivity contribution in [2.45, 2.75) is 25.4 Å². The second kappa shape index (κ2) is 10.9. The van der Waals surface area contributed by atoms with Crippen molar-refractivity contribution >= 4 is 6.03 Å². The van der Waals surface area contributed by atoms with Crippen molar-refractivity contribution in [3.05, 3.63) is 82.9 Å². The van der Waals surface area contributed by atoms with Crippen molar-refractivity contribution in [2.75, 3.05) is 27.9 Å². The fraction of sp³-hybridized carbons (Fsp3) is 0.296. The molecule has 0 radical (unpaired) electrons. The minimum atomic E-state index is -4.84. The summed E-state index contributed by atoms with van der Waals surface area (Å²) in [6, 6.07) is 15.4. The molecule has 1 N–H and O–H groups in total. The number of nitrogens with one attached hydrogen (secondary N) is 1. The molecule has 1 aliphatic rings. The van der Waals surface area contributed by atoms with E-state index in [-0.39, 0.29) is 18.3 Å². The number of methoxy groups -OCH3 is 3. The summed E-state index contributed by atoms with van der Waals surface area (Å²) >= 11 is 0. The third kappa shape index (κ3) is 6.02. The highest BCUT2D eigenvalue weighted by molar-refractivity contribution is 5.76. The monoisotopic (exact) mass is 516 g/mol. The second-order valence-electron chi connectivity index (χ2n) is 8.38. The number of benzene rings is 3. The molecule has 0 fully saturated rings. The third-order valence-corrected chi connectivity index (χ3v) is 6.14. The topological polar surface area (TPSA) is 69.3 Å². The lowest BCUT2D eigenvalue weighted by molar-refractivity contribution is -0.274. The summed E-state index contributed by atoms with van der Waals surface area (Å²) in [6.45, 7) is 0.586. The molecule has 0 aliphatic carbocycles. The Morgan fingerprint density at radius 3 is 2.32 bits per heavy atom. The molecular weight excluding hydrogens is 489 g/mol. The molecule has 3 aromatic carbocycles. The first-order valence-electron chi connectivity index (χ1n) is 11.5. The van der Waals surface area contributed by atoms with Gasteiger partial charge in [-0.2, -0.15) is 0 Å². The highest BCUT2D eigenvalue weighted by atomic mass is 19.4. The van der Waals surface area contributed by atoms with Crippen LogP contribution in [0.1, 0.15) is 28.3 Å². The van der Waals surface area contributed by atoms with E-state index in [1.165, 1.54) is 25.3 Å². The van der Waals surface area contributed by atoms with Crippen molar-refractivity contribution in [2.24, 2.45) is 0 Å². The van der Waals surface area contributed by atoms with Crippen LogP contribution in [0.25, 0.3) is 0 Å². The molecule has 0 spiro atoms. The van der Waals surface area contributed by atoms with E-state index in [9.17, 15) is 18.0 Å². The Kier molecular flexibility index (Phi) is 7.66. The van der Waals surface area contributed by atoms with Crippen LogP contribution in [0.2, 0.25) is 0 Å². The third-order valence-electron chi connectivity index (χ3n) is 6.14. The van der Waals surface area contributed by atoms with E-state index in [1.54, 1.807) is 43.4 Å². The van der Waals surface area contributed by atoms with Crippen LogP contribution in [0.5, 0.6) is 23.0 Å². The summed E-state index contributed by atoms with van der Waals surface area (Å²) in [4.78, 5) is 15.0. The maximum atomic E-state index is 13.4. The molecular formula is C27H27F3N2O5. The Bertz CT molecular complexity index is 1230. The number of hydrogen-bond acceptors (Lipinski definition) is 5. The number of fused-ring (bicyclic) bond motifs is 1. The number of halogens is 3. The number of urea groups is 1. The van der Waals surface area contributed by atoms with Gasteiger partial charge in [0, 0.05) is 24.7 Å². The predicted molar refractivity (Wildman–Crippen MR) is 130 cm³/mol. The molecule has 0 bridgehead atoms. The van der Waals surface area contributed by atoms with Crippen LogP contribution in [-0.2, 0) is 13.0 Å². The molecule has 7 nitrogen and oxygen atoms in total. The number of amides is 2. The first-order chi connectivity index (χ1) is 17.7. The van der Waals surface area contributed by atoms with Crippen LogP contribution >= 0.6 is 0 Å². The fourth-order valence-corrected chi connectivity index (χ4v) is 4.46. The summed E-state index contributed by atoms with van der Waals surface area (Å²) < 4.78 is 59.1. The molecule has 4 rings (SSSR count). The lowest BCUT2D eigenvalue weighted by Crippen LogP contribution is -2.46. The molecule has 1 aliphatic heterocycles. The summed E-state index contributed by atoms with van der Waals surface area (Å²) in [5.41, 5.74) is 2.87. The van der Waals surface area contributed by atoms with Gasteiger partial charge in [-0.15, -0.1) is 13.2 Å². The van der Waals surface area contributed by atoms with Crippen LogP contribution in [0, 0.1) is 0 Å². The molecule has 1 unspecified atom stereocenters. The Morgan fingerprint density at radius 2 is 1.68 bits per heavy atom. The molecule has 0 saturated carbocycles. The molecule has 0 aromatic heterocycles. The lowest BCUT2D eigenvalue weighted by Gasteiger charge is -2.38. The number of rotatable bonds is 7. The van der Waals surface area contributed by atoms with Gasteiger partial charge in [0.1, 0.15) is 23.0 Å². The Hall–Kier alpha value is -4.08. The molecule has 1 atom stereocenters. The van der Waals surface area contributed by atoms with Gasteiger partial charge in [-0.3, -0.25) is 0 Å². The zero-order valence-corrected chi connectivity index (χ0v) is 20.6. The summed E-state index contributed by atoms with van der Waals surface area (Å²) in [5.74, 6) is 1.38. The maximum absolute atomic E-state index is 13.4. The summed E-state index contributed by atoms with van der Waals surface area (Å²) in [7, 11) is 4.61. The van der Waals surface area contributed by atoms with E-state index in [0.29, 0.717) is 41.3 Å². The number of carbonyl (C=O) groups excluding carboxylic acids is 1. The molecule has 10 heteroatoms. The average molecular weight is 517 g/mol. The normalized spacial score (nSPS) is 15.0. The van der Waals surface area contributed by atoms with Gasteiger partial charge in [-0.1, -0.05) is 24.3 Å². The molecule has 0 saturated heterocycles. The summed E-state index contributed by atoms with van der Waals surface area (Å²) in [5, 5.41) is 2.92. The standard InChI is InChI=1S/C27H27F3N2O5/c1-34-20-9-7-17(8-10-20)16-31-26(33)32-12-11-18-13-22(35-2)15-23(36-3)24(18)25(32)19-5-4-6-21(14-19)37-27(28,29)30/h4-10,13-15,25H,11-12,16H2,1-3H3,(H,31,33). The zero-order chi connectivity index (χ0) is 26.6. The summed E-state index contributed by atoms with van der Waals surface area (Å²) in [6.07, 6.45) is -4.34. The first kappa shape index (κ1) is 26.0. The van der Waals surface area contributed by atoms with Gasteiger partial charge in [-0.05, 0) is 53.4 Å². The molecule has 37 heavy (non-hydrogen) atoms. The second-order valence-corrected chi connectivity index (χ2v) is 8.38. The minimum Gasteiger partial charge on any atom is -0.497 e. The van der Waals surface area contributed by atoms with Gasteiger partial charge in [-0.25, -0.2) is 4.79 Å². The van der Waals surface area contributed by atoms with Crippen LogP contribution in [0.15, 0.2) is 60.7 Å². The van der Waals surface area contributed by atoms with Crippen LogP contribution in [-0.4, -0.2) is 45.2 Å². The molecule has 2 amide bonds. The van der Waals surface area contributed by atoms with E-state index >= 15 is 0 Å². The molecule has 1 heterocycles. The molecule has 3 aromatic rings. The number of carbonyl (C=O) groups is 1. The van der Waals surface area contributed by atoms with E-state index in [0.717, 1.165) is 11.1 Å². The predicted octanol–water partition coefficient (Wildman–Crippen LogP) is 5.47. The van der Waals surface area contributed by atoms with E-state index < -0.39 is 12.4 Å². The quantitative estimate of drug-likeness (QED) is 0.451. The number of nitrogens with zero attached hydrogens (tertiary/aromatic N) is 1. The smallest absolute Gasteiger partial charge is 0.497 e. The van der Waals surface area contributed by atoms with Crippen molar-refractivity contribution in [3.8, 4) is 23.0 Å². The zero-order valence-electron chi connectivity index (χ0n) is 20.6. The SMILES string of the molecule is COc1ccc(CNC(=O)N2CCc3cc(OC)cc(OC)c3C2c2cccc(OC(F)(F)F)c2)cc1. The van der Waals surface area contributed by atoms with Gasteiger partial charge in [0.2, 0.25) is 0 Å². The largest absolute Gasteiger partial charge is 0.573 e. The van der Waals surface area contributed by atoms with Gasteiger partial charge < -0.3 is 29.2 Å². The van der Waals surface area contributed by atoms with E-state index in [1.807, 2.05) is 18.2 Å². The first-order valence-corrected chi connectivity index (χ1v) is 11.5. The van der Waals surface area contributed by atoms with Gasteiger partial charge >= 0.3 is 12.4 Å². The Morgan fingerprint density at radius 1 is 0.946 bits per heavy atom.